The molecule has 1 amide bonds. The van der Waals surface area contributed by atoms with Gasteiger partial charge in [0.25, 0.3) is 5.91 Å². The first-order valence-electron chi connectivity index (χ1n) is 6.44. The van der Waals surface area contributed by atoms with Gasteiger partial charge in [0.05, 0.1) is 5.56 Å². The summed E-state index contributed by atoms with van der Waals surface area (Å²) in [6.07, 6.45) is 0. The molecule has 0 unspecified atom stereocenters. The van der Waals surface area contributed by atoms with Crippen LogP contribution in [0.25, 0.3) is 0 Å². The highest BCUT2D eigenvalue weighted by Crippen LogP contribution is 2.67. The summed E-state index contributed by atoms with van der Waals surface area (Å²) in [6.45, 7) is 9.23. The highest BCUT2D eigenvalue weighted by molar-refractivity contribution is 5.94. The molecule has 0 bridgehead atoms. The average molecular weight is 265 g/mol. The van der Waals surface area contributed by atoms with E-state index in [1.807, 2.05) is 0 Å². The molecule has 2 rings (SSSR count). The van der Waals surface area contributed by atoms with E-state index in [1.54, 1.807) is 0 Å². The van der Waals surface area contributed by atoms with Crippen LogP contribution >= 0.6 is 0 Å². The molecular formula is C15H20FNO2. The monoisotopic (exact) mass is 265 g/mol. The molecule has 19 heavy (non-hydrogen) atoms. The van der Waals surface area contributed by atoms with E-state index in [4.69, 9.17) is 5.11 Å². The van der Waals surface area contributed by atoms with E-state index < -0.39 is 11.7 Å². The quantitative estimate of drug-likeness (QED) is 0.882. The highest BCUT2D eigenvalue weighted by Gasteiger charge is 2.64. The number of phenols is 1. The van der Waals surface area contributed by atoms with E-state index in [-0.39, 0.29) is 22.1 Å². The SMILES string of the molecule is CC1(C)C(CNC(=O)c2ccc(O)cc2F)C1(C)C. The van der Waals surface area contributed by atoms with Gasteiger partial charge >= 0.3 is 0 Å². The van der Waals surface area contributed by atoms with Gasteiger partial charge in [-0.05, 0) is 28.9 Å². The molecule has 0 atom stereocenters. The van der Waals surface area contributed by atoms with Gasteiger partial charge in [-0.15, -0.1) is 0 Å². The molecule has 104 valence electrons. The molecule has 1 fully saturated rings. The second-order valence-corrected chi connectivity index (χ2v) is 6.37. The van der Waals surface area contributed by atoms with Gasteiger partial charge in [0.15, 0.2) is 0 Å². The van der Waals surface area contributed by atoms with Crippen molar-refractivity contribution in [3.05, 3.63) is 29.6 Å². The van der Waals surface area contributed by atoms with Crippen molar-refractivity contribution in [3.63, 3.8) is 0 Å². The van der Waals surface area contributed by atoms with Crippen molar-refractivity contribution in [2.24, 2.45) is 16.7 Å². The molecule has 0 heterocycles. The highest BCUT2D eigenvalue weighted by atomic mass is 19.1. The molecule has 4 heteroatoms. The Morgan fingerprint density at radius 3 is 2.37 bits per heavy atom. The van der Waals surface area contributed by atoms with Crippen LogP contribution in [0.4, 0.5) is 4.39 Å². The van der Waals surface area contributed by atoms with Crippen LogP contribution < -0.4 is 5.32 Å². The van der Waals surface area contributed by atoms with Gasteiger partial charge in [0.1, 0.15) is 11.6 Å². The molecule has 3 nitrogen and oxygen atoms in total. The van der Waals surface area contributed by atoms with Gasteiger partial charge in [-0.2, -0.15) is 0 Å². The predicted octanol–water partition coefficient (Wildman–Crippen LogP) is 2.94. The third-order valence-corrected chi connectivity index (χ3v) is 4.98. The van der Waals surface area contributed by atoms with Gasteiger partial charge in [0.2, 0.25) is 0 Å². The first-order chi connectivity index (χ1) is 8.68. The maximum Gasteiger partial charge on any atom is 0.254 e. The number of amides is 1. The summed E-state index contributed by atoms with van der Waals surface area (Å²) >= 11 is 0. The van der Waals surface area contributed by atoms with Crippen LogP contribution in [0.15, 0.2) is 18.2 Å². The normalized spacial score (nSPS) is 20.1. The minimum Gasteiger partial charge on any atom is -0.508 e. The van der Waals surface area contributed by atoms with Crippen LogP contribution in [0.2, 0.25) is 0 Å². The fraction of sp³-hybridized carbons (Fsp3) is 0.533. The Morgan fingerprint density at radius 2 is 1.89 bits per heavy atom. The van der Waals surface area contributed by atoms with E-state index in [0.717, 1.165) is 6.07 Å². The molecule has 1 aliphatic carbocycles. The summed E-state index contributed by atoms with van der Waals surface area (Å²) < 4.78 is 13.5. The van der Waals surface area contributed by atoms with Gasteiger partial charge in [-0.25, -0.2) is 4.39 Å². The zero-order valence-corrected chi connectivity index (χ0v) is 11.7. The van der Waals surface area contributed by atoms with E-state index in [9.17, 15) is 9.18 Å². The van der Waals surface area contributed by atoms with E-state index in [1.165, 1.54) is 12.1 Å². The van der Waals surface area contributed by atoms with E-state index in [2.05, 4.69) is 33.0 Å². The largest absolute Gasteiger partial charge is 0.508 e. The maximum atomic E-state index is 13.5. The van der Waals surface area contributed by atoms with Crippen LogP contribution in [0, 0.1) is 22.6 Å². The topological polar surface area (TPSA) is 49.3 Å². The molecule has 1 aromatic carbocycles. The van der Waals surface area contributed by atoms with Crippen LogP contribution in [-0.2, 0) is 0 Å². The van der Waals surface area contributed by atoms with Gasteiger partial charge < -0.3 is 10.4 Å². The minimum atomic E-state index is -0.702. The molecule has 2 N–H and O–H groups in total. The molecular weight excluding hydrogens is 245 g/mol. The number of halogens is 1. The Bertz CT molecular complexity index is 509. The lowest BCUT2D eigenvalue weighted by Crippen LogP contribution is -2.27. The number of carbonyl (C=O) groups excluding carboxylic acids is 1. The van der Waals surface area contributed by atoms with Crippen molar-refractivity contribution < 1.29 is 14.3 Å². The number of carbonyl (C=O) groups is 1. The zero-order chi connectivity index (χ0) is 14.4. The van der Waals surface area contributed by atoms with Crippen LogP contribution in [0.1, 0.15) is 38.1 Å². The Kier molecular flexibility index (Phi) is 3.07. The van der Waals surface area contributed by atoms with Gasteiger partial charge in [-0.3, -0.25) is 4.79 Å². The smallest absolute Gasteiger partial charge is 0.254 e. The number of aromatic hydroxyl groups is 1. The molecule has 0 radical (unpaired) electrons. The number of phenolic OH excluding ortho intramolecular Hbond substituents is 1. The molecule has 0 aliphatic heterocycles. The Labute approximate surface area is 112 Å². The molecule has 0 spiro atoms. The number of benzene rings is 1. The summed E-state index contributed by atoms with van der Waals surface area (Å²) in [6, 6.07) is 3.55. The number of rotatable bonds is 3. The van der Waals surface area contributed by atoms with Crippen molar-refractivity contribution in [1.82, 2.24) is 5.32 Å². The molecule has 1 aliphatic rings. The Hall–Kier alpha value is -1.58. The van der Waals surface area contributed by atoms with Crippen molar-refractivity contribution in [1.29, 1.82) is 0 Å². The van der Waals surface area contributed by atoms with Crippen LogP contribution in [0.5, 0.6) is 5.75 Å². The third-order valence-electron chi connectivity index (χ3n) is 4.98. The number of hydrogen-bond acceptors (Lipinski definition) is 2. The molecule has 0 saturated heterocycles. The fourth-order valence-electron chi connectivity index (χ4n) is 2.82. The van der Waals surface area contributed by atoms with Crippen LogP contribution in [0.3, 0.4) is 0 Å². The summed E-state index contributed by atoms with van der Waals surface area (Å²) in [5.74, 6) is -0.926. The minimum absolute atomic E-state index is 0.0333. The Morgan fingerprint density at radius 1 is 1.32 bits per heavy atom. The first kappa shape index (κ1) is 13.8. The summed E-state index contributed by atoms with van der Waals surface area (Å²) in [5.41, 5.74) is 0.343. The summed E-state index contributed by atoms with van der Waals surface area (Å²) in [7, 11) is 0. The lowest BCUT2D eigenvalue weighted by atomic mass is 10.0. The zero-order valence-electron chi connectivity index (χ0n) is 11.7. The number of nitrogens with one attached hydrogen (secondary N) is 1. The summed E-state index contributed by atoms with van der Waals surface area (Å²) in [4.78, 5) is 11.9. The molecule has 1 aromatic rings. The average Bonchev–Trinajstić information content (AvgIpc) is 2.66. The van der Waals surface area contributed by atoms with E-state index >= 15 is 0 Å². The van der Waals surface area contributed by atoms with Gasteiger partial charge in [0, 0.05) is 12.6 Å². The third kappa shape index (κ3) is 2.20. The van der Waals surface area contributed by atoms with Gasteiger partial charge in [-0.1, -0.05) is 27.7 Å². The number of hydrogen-bond donors (Lipinski definition) is 2. The molecule has 1 saturated carbocycles. The first-order valence-corrected chi connectivity index (χ1v) is 6.44. The van der Waals surface area contributed by atoms with Crippen molar-refractivity contribution in [3.8, 4) is 5.75 Å². The second-order valence-electron chi connectivity index (χ2n) is 6.37. The lowest BCUT2D eigenvalue weighted by Gasteiger charge is -2.07. The predicted molar refractivity (Wildman–Crippen MR) is 71.5 cm³/mol. The van der Waals surface area contributed by atoms with Crippen molar-refractivity contribution in [2.45, 2.75) is 27.7 Å². The lowest BCUT2D eigenvalue weighted by molar-refractivity contribution is 0.0946. The second kappa shape index (κ2) is 4.22. The van der Waals surface area contributed by atoms with Crippen molar-refractivity contribution in [2.75, 3.05) is 6.54 Å². The maximum absolute atomic E-state index is 13.5. The molecule has 0 aromatic heterocycles. The van der Waals surface area contributed by atoms with Crippen molar-refractivity contribution >= 4 is 5.91 Å². The fourth-order valence-corrected chi connectivity index (χ4v) is 2.82. The summed E-state index contributed by atoms with van der Waals surface area (Å²) in [5, 5.41) is 11.9. The standard InChI is InChI=1S/C15H20FNO2/c1-14(2)12(15(14,3)4)8-17-13(19)10-6-5-9(18)7-11(10)16/h5-7,12,18H,8H2,1-4H3,(H,17,19). The van der Waals surface area contributed by atoms with E-state index in [0.29, 0.717) is 12.5 Å². The van der Waals surface area contributed by atoms with Crippen LogP contribution in [-0.4, -0.2) is 17.6 Å². The Balaban J connectivity index is 2.00.